The zero-order valence-electron chi connectivity index (χ0n) is 10.6. The predicted octanol–water partition coefficient (Wildman–Crippen LogP) is 3.16. The molecule has 5 nitrogen and oxygen atoms in total. The highest BCUT2D eigenvalue weighted by Gasteiger charge is 2.19. The Morgan fingerprint density at radius 2 is 2.25 bits per heavy atom. The number of hydrogen-bond donors (Lipinski definition) is 2. The van der Waals surface area contributed by atoms with Crippen LogP contribution >= 0.6 is 22.9 Å². The zero-order chi connectivity index (χ0) is 14.1. The smallest absolute Gasteiger partial charge is 0.263 e. The second-order valence-electron chi connectivity index (χ2n) is 4.31. The average Bonchev–Trinajstić information content (AvgIpc) is 3.07. The number of carbonyl (C=O) groups is 1. The van der Waals surface area contributed by atoms with Crippen LogP contribution < -0.4 is 5.32 Å². The van der Waals surface area contributed by atoms with Crippen LogP contribution in [0.15, 0.2) is 30.6 Å². The third-order valence-corrected chi connectivity index (χ3v) is 4.61. The fourth-order valence-electron chi connectivity index (χ4n) is 1.91. The van der Waals surface area contributed by atoms with E-state index in [2.05, 4.69) is 20.5 Å². The molecule has 0 aliphatic carbocycles. The van der Waals surface area contributed by atoms with Gasteiger partial charge in [-0.1, -0.05) is 29.8 Å². The number of fused-ring (bicyclic) bond motifs is 1. The molecule has 3 rings (SSSR count). The Bertz CT molecular complexity index is 753. The van der Waals surface area contributed by atoms with E-state index in [0.29, 0.717) is 15.7 Å². The molecule has 1 unspecified atom stereocenters. The largest absolute Gasteiger partial charge is 0.342 e. The molecular formula is C13H11ClN4OS. The molecule has 2 heterocycles. The topological polar surface area (TPSA) is 70.7 Å². The van der Waals surface area contributed by atoms with Crippen LogP contribution in [-0.4, -0.2) is 21.1 Å². The molecule has 1 amide bonds. The van der Waals surface area contributed by atoms with Gasteiger partial charge in [0.05, 0.1) is 11.1 Å². The van der Waals surface area contributed by atoms with E-state index in [9.17, 15) is 4.79 Å². The van der Waals surface area contributed by atoms with Crippen LogP contribution in [0.5, 0.6) is 0 Å². The molecule has 0 fully saturated rings. The zero-order valence-corrected chi connectivity index (χ0v) is 12.1. The third-order valence-electron chi connectivity index (χ3n) is 2.93. The third kappa shape index (κ3) is 2.28. The highest BCUT2D eigenvalue weighted by molar-refractivity contribution is 7.21. The number of nitrogens with one attached hydrogen (secondary N) is 2. The van der Waals surface area contributed by atoms with Gasteiger partial charge in [0.25, 0.3) is 5.91 Å². The average molecular weight is 307 g/mol. The normalized spacial score (nSPS) is 12.5. The van der Waals surface area contributed by atoms with Crippen molar-refractivity contribution in [2.45, 2.75) is 13.0 Å². The molecule has 0 aliphatic rings. The molecule has 0 saturated carbocycles. The van der Waals surface area contributed by atoms with E-state index < -0.39 is 0 Å². The predicted molar refractivity (Wildman–Crippen MR) is 79.1 cm³/mol. The van der Waals surface area contributed by atoms with Gasteiger partial charge in [-0.3, -0.25) is 9.89 Å². The molecule has 0 bridgehead atoms. The monoisotopic (exact) mass is 306 g/mol. The Morgan fingerprint density at radius 1 is 1.45 bits per heavy atom. The highest BCUT2D eigenvalue weighted by Crippen LogP contribution is 2.35. The molecule has 2 aromatic heterocycles. The van der Waals surface area contributed by atoms with Crippen molar-refractivity contribution in [3.05, 3.63) is 46.3 Å². The summed E-state index contributed by atoms with van der Waals surface area (Å²) in [6, 6.07) is 7.42. The van der Waals surface area contributed by atoms with Crippen LogP contribution in [0.25, 0.3) is 10.1 Å². The molecular weight excluding hydrogens is 296 g/mol. The fraction of sp³-hybridized carbons (Fsp3) is 0.154. The standard InChI is InChI=1S/C13H11ClN4OS/c1-7(12-15-6-16-18-12)17-13(19)11-10(14)8-4-2-3-5-9(8)20-11/h2-7H,1H3,(H,17,19)(H,15,16,18). The van der Waals surface area contributed by atoms with E-state index in [-0.39, 0.29) is 11.9 Å². The molecule has 2 N–H and O–H groups in total. The lowest BCUT2D eigenvalue weighted by Gasteiger charge is -2.09. The second-order valence-corrected chi connectivity index (χ2v) is 5.74. The molecule has 0 aliphatic heterocycles. The summed E-state index contributed by atoms with van der Waals surface area (Å²) in [4.78, 5) is 16.8. The van der Waals surface area contributed by atoms with E-state index in [1.54, 1.807) is 0 Å². The lowest BCUT2D eigenvalue weighted by Crippen LogP contribution is -2.26. The number of rotatable bonds is 3. The number of carbonyl (C=O) groups excluding carboxylic acids is 1. The van der Waals surface area contributed by atoms with Gasteiger partial charge in [0.15, 0.2) is 0 Å². The van der Waals surface area contributed by atoms with Crippen molar-refractivity contribution in [2.75, 3.05) is 0 Å². The van der Waals surface area contributed by atoms with Gasteiger partial charge in [-0.25, -0.2) is 4.98 Å². The first-order chi connectivity index (χ1) is 9.66. The van der Waals surface area contributed by atoms with E-state index in [1.807, 2.05) is 31.2 Å². The first-order valence-corrected chi connectivity index (χ1v) is 7.19. The summed E-state index contributed by atoms with van der Waals surface area (Å²) in [6.07, 6.45) is 1.41. The van der Waals surface area contributed by atoms with Crippen molar-refractivity contribution in [2.24, 2.45) is 0 Å². The summed E-state index contributed by atoms with van der Waals surface area (Å²) in [5.41, 5.74) is 0. The maximum atomic E-state index is 12.3. The molecule has 7 heteroatoms. The highest BCUT2D eigenvalue weighted by atomic mass is 35.5. The fourth-order valence-corrected chi connectivity index (χ4v) is 3.33. The van der Waals surface area contributed by atoms with Crippen LogP contribution in [0.1, 0.15) is 28.5 Å². The van der Waals surface area contributed by atoms with Crippen LogP contribution in [0.2, 0.25) is 5.02 Å². The summed E-state index contributed by atoms with van der Waals surface area (Å²) in [5.74, 6) is 0.399. The van der Waals surface area contributed by atoms with Gasteiger partial charge in [0.2, 0.25) is 0 Å². The minimum absolute atomic E-state index is 0.208. The van der Waals surface area contributed by atoms with Crippen LogP contribution in [0.3, 0.4) is 0 Å². The van der Waals surface area contributed by atoms with E-state index in [0.717, 1.165) is 10.1 Å². The molecule has 20 heavy (non-hydrogen) atoms. The number of benzene rings is 1. The Morgan fingerprint density at radius 3 is 2.95 bits per heavy atom. The summed E-state index contributed by atoms with van der Waals surface area (Å²) < 4.78 is 0.995. The first-order valence-electron chi connectivity index (χ1n) is 6.00. The van der Waals surface area contributed by atoms with Crippen LogP contribution in [0, 0.1) is 0 Å². The number of nitrogens with zero attached hydrogens (tertiary/aromatic N) is 2. The van der Waals surface area contributed by atoms with Crippen LogP contribution in [0.4, 0.5) is 0 Å². The number of thiophene rings is 1. The molecule has 0 radical (unpaired) electrons. The maximum Gasteiger partial charge on any atom is 0.263 e. The lowest BCUT2D eigenvalue weighted by atomic mass is 10.2. The van der Waals surface area contributed by atoms with Gasteiger partial charge in [0, 0.05) is 10.1 Å². The van der Waals surface area contributed by atoms with E-state index in [4.69, 9.17) is 11.6 Å². The number of aromatic nitrogens is 3. The molecule has 102 valence electrons. The number of halogens is 1. The van der Waals surface area contributed by atoms with Crippen molar-refractivity contribution in [1.82, 2.24) is 20.5 Å². The quantitative estimate of drug-likeness (QED) is 0.781. The van der Waals surface area contributed by atoms with Crippen molar-refractivity contribution in [3.8, 4) is 0 Å². The van der Waals surface area contributed by atoms with Gasteiger partial charge < -0.3 is 5.32 Å². The molecule has 3 aromatic rings. The minimum Gasteiger partial charge on any atom is -0.342 e. The Hall–Kier alpha value is -1.92. The Kier molecular flexibility index (Phi) is 3.42. The van der Waals surface area contributed by atoms with E-state index >= 15 is 0 Å². The molecule has 1 atom stereocenters. The molecule has 0 saturated heterocycles. The van der Waals surface area contributed by atoms with Gasteiger partial charge in [0.1, 0.15) is 17.0 Å². The molecule has 0 spiro atoms. The van der Waals surface area contributed by atoms with Gasteiger partial charge in [-0.2, -0.15) is 5.10 Å². The van der Waals surface area contributed by atoms with Crippen molar-refractivity contribution < 1.29 is 4.79 Å². The van der Waals surface area contributed by atoms with Gasteiger partial charge in [-0.05, 0) is 13.0 Å². The summed E-state index contributed by atoms with van der Waals surface area (Å²) in [5, 5.41) is 10.7. The summed E-state index contributed by atoms with van der Waals surface area (Å²) in [7, 11) is 0. The Labute approximate surface area is 124 Å². The SMILES string of the molecule is CC(NC(=O)c1sc2ccccc2c1Cl)c1ncn[nH]1. The number of amides is 1. The first kappa shape index (κ1) is 13.1. The van der Waals surface area contributed by atoms with E-state index in [1.165, 1.54) is 17.7 Å². The number of H-pyrrole nitrogens is 1. The van der Waals surface area contributed by atoms with Crippen molar-refractivity contribution in [3.63, 3.8) is 0 Å². The van der Waals surface area contributed by atoms with Gasteiger partial charge in [-0.15, -0.1) is 11.3 Å². The van der Waals surface area contributed by atoms with Gasteiger partial charge >= 0.3 is 0 Å². The second kappa shape index (κ2) is 5.22. The molecule has 1 aromatic carbocycles. The maximum absolute atomic E-state index is 12.3. The summed E-state index contributed by atoms with van der Waals surface area (Å²) >= 11 is 7.66. The lowest BCUT2D eigenvalue weighted by molar-refractivity contribution is 0.0942. The number of hydrogen-bond acceptors (Lipinski definition) is 4. The number of aromatic amines is 1. The minimum atomic E-state index is -0.258. The van der Waals surface area contributed by atoms with Crippen molar-refractivity contribution >= 4 is 38.9 Å². The van der Waals surface area contributed by atoms with Crippen molar-refractivity contribution in [1.29, 1.82) is 0 Å². The summed E-state index contributed by atoms with van der Waals surface area (Å²) in [6.45, 7) is 1.83. The Balaban J connectivity index is 1.87. The van der Waals surface area contributed by atoms with Crippen LogP contribution in [-0.2, 0) is 0 Å².